The van der Waals surface area contributed by atoms with Gasteiger partial charge in [-0.15, -0.1) is 0 Å². The maximum Gasteiger partial charge on any atom is 0.200 e. The highest BCUT2D eigenvalue weighted by molar-refractivity contribution is 6.78. The summed E-state index contributed by atoms with van der Waals surface area (Å²) in [6.07, 6.45) is 3.94. The second kappa shape index (κ2) is 17.3. The van der Waals surface area contributed by atoms with E-state index in [0.717, 1.165) is 32.1 Å². The summed E-state index contributed by atoms with van der Waals surface area (Å²) in [5.74, 6) is -2.07. The minimum absolute atomic E-state index is 0.00130. The molecule has 3 rings (SSSR count). The molecule has 10 heteroatoms. The first kappa shape index (κ1) is 44.5. The molecule has 0 bridgehead atoms. The van der Waals surface area contributed by atoms with E-state index in [1.807, 2.05) is 41.5 Å². The van der Waals surface area contributed by atoms with Crippen molar-refractivity contribution in [1.82, 2.24) is 0 Å². The molecule has 50 heavy (non-hydrogen) atoms. The fourth-order valence-corrected chi connectivity index (χ4v) is 21.5. The van der Waals surface area contributed by atoms with Crippen LogP contribution in [0.4, 0.5) is 0 Å². The molecule has 3 aliphatic heterocycles. The predicted octanol–water partition coefficient (Wildman–Crippen LogP) is 10.9. The fourth-order valence-electron chi connectivity index (χ4n) is 10.5. The van der Waals surface area contributed by atoms with Crippen LogP contribution < -0.4 is 0 Å². The third-order valence-corrected chi connectivity index (χ3v) is 23.9. The molecule has 0 spiro atoms. The van der Waals surface area contributed by atoms with Crippen LogP contribution in [0.2, 0.25) is 33.2 Å². The Hall–Kier alpha value is 0.114. The smallest absolute Gasteiger partial charge is 0.200 e. The minimum Gasteiger partial charge on any atom is -0.413 e. The summed E-state index contributed by atoms with van der Waals surface area (Å²) >= 11 is 0. The van der Waals surface area contributed by atoms with Crippen molar-refractivity contribution in [2.45, 2.75) is 244 Å². The Labute approximate surface area is 310 Å². The Kier molecular flexibility index (Phi) is 15.4. The fraction of sp³-hybridized carbons (Fsp3) is 1.00. The van der Waals surface area contributed by atoms with Crippen molar-refractivity contribution in [2.24, 2.45) is 0 Å². The average Bonchev–Trinajstić information content (AvgIpc) is 2.89. The van der Waals surface area contributed by atoms with E-state index in [0.29, 0.717) is 46.5 Å². The molecule has 0 amide bonds. The molecule has 3 heterocycles. The first-order valence-electron chi connectivity index (χ1n) is 20.2. The second-order valence-corrected chi connectivity index (χ2v) is 30.0. The van der Waals surface area contributed by atoms with E-state index in [9.17, 15) is 0 Å². The van der Waals surface area contributed by atoms with Crippen LogP contribution in [0.15, 0.2) is 0 Å². The Morgan fingerprint density at radius 2 is 0.600 bits per heavy atom. The topological polar surface area (TPSA) is 73.8 Å². The highest BCUT2D eigenvalue weighted by atomic mass is 28.4. The minimum atomic E-state index is -2.01. The first-order chi connectivity index (χ1) is 22.8. The van der Waals surface area contributed by atoms with Gasteiger partial charge in [-0.2, -0.15) is 0 Å². The average molecular weight is 745 g/mol. The zero-order valence-electron chi connectivity index (χ0n) is 35.6. The molecule has 0 aromatic rings. The molecule has 3 aliphatic rings. The van der Waals surface area contributed by atoms with Gasteiger partial charge in [0.1, 0.15) is 0 Å². The summed E-state index contributed by atoms with van der Waals surface area (Å²) in [4.78, 5) is 0. The van der Waals surface area contributed by atoms with Crippen LogP contribution >= 0.6 is 0 Å². The molecule has 0 radical (unpaired) electrons. The Bertz CT molecular complexity index is 921. The maximum absolute atomic E-state index is 6.99. The molecule has 0 aromatic carbocycles. The van der Waals surface area contributed by atoms with Crippen LogP contribution in [-0.4, -0.2) is 83.8 Å². The SMILES string of the molecule is CC(C)[Si](OCC1CC(C[C@H]2CC(C[C@H]3C[C@@H](CO[Si](C(C)C)(C(C)C)C(C)C)OC(C)(C)O3)OC(C)(C)O2)OC(C)(C)O1)(C(C)C)C(C)C. The lowest BCUT2D eigenvalue weighted by atomic mass is 9.94. The van der Waals surface area contributed by atoms with Crippen LogP contribution in [0.1, 0.15) is 157 Å². The van der Waals surface area contributed by atoms with Crippen molar-refractivity contribution in [2.75, 3.05) is 13.2 Å². The van der Waals surface area contributed by atoms with E-state index in [-0.39, 0.29) is 36.6 Å². The number of hydrogen-bond donors (Lipinski definition) is 0. The van der Waals surface area contributed by atoms with Gasteiger partial charge in [-0.25, -0.2) is 0 Å². The lowest BCUT2D eigenvalue weighted by Gasteiger charge is -2.48. The summed E-state index contributed by atoms with van der Waals surface area (Å²) in [7, 11) is -4.01. The van der Waals surface area contributed by atoms with Crippen LogP contribution in [0.5, 0.6) is 0 Å². The summed E-state index contributed by atoms with van der Waals surface area (Å²) in [5.41, 5.74) is 3.19. The second-order valence-electron chi connectivity index (χ2n) is 19.1. The van der Waals surface area contributed by atoms with E-state index in [2.05, 4.69) is 83.1 Å². The van der Waals surface area contributed by atoms with Crippen molar-refractivity contribution in [1.29, 1.82) is 0 Å². The van der Waals surface area contributed by atoms with Gasteiger partial charge in [0.05, 0.1) is 49.8 Å². The lowest BCUT2D eigenvalue weighted by Crippen LogP contribution is -2.53. The van der Waals surface area contributed by atoms with Crippen LogP contribution in [0, 0.1) is 0 Å². The molecule has 3 saturated heterocycles. The number of rotatable bonds is 16. The normalized spacial score (nSPS) is 30.7. The highest BCUT2D eigenvalue weighted by Crippen LogP contribution is 2.45. The molecule has 0 aromatic heterocycles. The maximum atomic E-state index is 6.99. The molecule has 0 aliphatic carbocycles. The van der Waals surface area contributed by atoms with E-state index >= 15 is 0 Å². The monoisotopic (exact) mass is 745 g/mol. The lowest BCUT2D eigenvalue weighted by molar-refractivity contribution is -0.336. The van der Waals surface area contributed by atoms with Crippen LogP contribution in [0.25, 0.3) is 0 Å². The van der Waals surface area contributed by atoms with Gasteiger partial charge >= 0.3 is 0 Å². The molecule has 296 valence electrons. The van der Waals surface area contributed by atoms with Gasteiger partial charge < -0.3 is 37.3 Å². The van der Waals surface area contributed by atoms with Gasteiger partial charge in [0.25, 0.3) is 0 Å². The van der Waals surface area contributed by atoms with Crippen LogP contribution in [-0.2, 0) is 37.3 Å². The Morgan fingerprint density at radius 1 is 0.400 bits per heavy atom. The van der Waals surface area contributed by atoms with Gasteiger partial charge in [-0.1, -0.05) is 83.1 Å². The van der Waals surface area contributed by atoms with Gasteiger partial charge in [0.15, 0.2) is 34.0 Å². The van der Waals surface area contributed by atoms with Crippen LogP contribution in [0.3, 0.4) is 0 Å². The Balaban J connectivity index is 1.68. The molecule has 0 saturated carbocycles. The largest absolute Gasteiger partial charge is 0.413 e. The summed E-state index contributed by atoms with van der Waals surface area (Å²) < 4.78 is 53.1. The van der Waals surface area contributed by atoms with Gasteiger partial charge in [-0.3, -0.25) is 0 Å². The van der Waals surface area contributed by atoms with Gasteiger partial charge in [-0.05, 0) is 74.8 Å². The third-order valence-electron chi connectivity index (χ3n) is 11.8. The van der Waals surface area contributed by atoms with Crippen molar-refractivity contribution in [3.8, 4) is 0 Å². The summed E-state index contributed by atoms with van der Waals surface area (Å²) in [5, 5.41) is 0. The molecule has 0 N–H and O–H groups in total. The third kappa shape index (κ3) is 11.1. The summed E-state index contributed by atoms with van der Waals surface area (Å²) in [6, 6.07) is 0. The van der Waals surface area contributed by atoms with Gasteiger partial charge in [0, 0.05) is 32.1 Å². The van der Waals surface area contributed by atoms with E-state index in [1.54, 1.807) is 0 Å². The number of hydrogen-bond acceptors (Lipinski definition) is 8. The quantitative estimate of drug-likeness (QED) is 0.145. The standard InChI is InChI=1S/C40H80O8Si2/c1-26(2)49(27(3)4,28(5)6)41-24-36-22-34(45-39(15,16)47-36)20-32-19-33(44-38(13,14)43-32)21-35-23-37(48-40(17,18)46-35)25-42-50(29(7)8,30(9)10)31(11)12/h26-37H,19-25H2,1-18H3/t32-,33?,34?,35+,36?,37+/m1/s1. The van der Waals surface area contributed by atoms with E-state index in [4.69, 9.17) is 37.3 Å². The van der Waals surface area contributed by atoms with Crippen molar-refractivity contribution in [3.63, 3.8) is 0 Å². The zero-order valence-corrected chi connectivity index (χ0v) is 37.6. The molecule has 8 nitrogen and oxygen atoms in total. The first-order valence-corrected chi connectivity index (χ1v) is 24.5. The number of ether oxygens (including phenoxy) is 6. The molecule has 3 unspecified atom stereocenters. The summed E-state index contributed by atoms with van der Waals surface area (Å²) in [6.45, 7) is 41.5. The molecule has 6 atom stereocenters. The van der Waals surface area contributed by atoms with Crippen molar-refractivity contribution < 1.29 is 37.3 Å². The van der Waals surface area contributed by atoms with E-state index in [1.165, 1.54) is 0 Å². The van der Waals surface area contributed by atoms with Crippen molar-refractivity contribution in [3.05, 3.63) is 0 Å². The molecular formula is C40H80O8Si2. The highest BCUT2D eigenvalue weighted by Gasteiger charge is 2.49. The molecular weight excluding hydrogens is 665 g/mol. The molecule has 3 fully saturated rings. The van der Waals surface area contributed by atoms with Gasteiger partial charge in [0.2, 0.25) is 0 Å². The zero-order chi connectivity index (χ0) is 38.0. The van der Waals surface area contributed by atoms with E-state index < -0.39 is 34.0 Å². The predicted molar refractivity (Wildman–Crippen MR) is 209 cm³/mol. The van der Waals surface area contributed by atoms with Crippen molar-refractivity contribution >= 4 is 16.6 Å². The Morgan fingerprint density at radius 3 is 0.820 bits per heavy atom.